The molecule has 7 heteroatoms. The summed E-state index contributed by atoms with van der Waals surface area (Å²) in [6, 6.07) is 14.2. The van der Waals surface area contributed by atoms with E-state index in [2.05, 4.69) is 34.5 Å². The van der Waals surface area contributed by atoms with Crippen LogP contribution in [0.3, 0.4) is 0 Å². The molecule has 7 nitrogen and oxygen atoms in total. The number of aliphatic hydroxyl groups is 1. The molecule has 0 aliphatic carbocycles. The lowest BCUT2D eigenvalue weighted by Gasteiger charge is -2.26. The fraction of sp³-hybridized carbons (Fsp3) is 0.391. The third kappa shape index (κ3) is 5.66. The van der Waals surface area contributed by atoms with E-state index < -0.39 is 24.0 Å². The van der Waals surface area contributed by atoms with Crippen LogP contribution in [0.4, 0.5) is 0 Å². The maximum absolute atomic E-state index is 12.4. The highest BCUT2D eigenvalue weighted by Crippen LogP contribution is 2.22. The van der Waals surface area contributed by atoms with E-state index in [-0.39, 0.29) is 0 Å². The number of piperidine rings is 1. The van der Waals surface area contributed by atoms with Crippen LogP contribution in [0.25, 0.3) is 11.1 Å². The van der Waals surface area contributed by atoms with Gasteiger partial charge in [-0.1, -0.05) is 42.8 Å². The highest BCUT2D eigenvalue weighted by molar-refractivity contribution is 5.97. The van der Waals surface area contributed by atoms with Gasteiger partial charge in [-0.05, 0) is 61.7 Å². The normalized spacial score (nSPS) is 16.5. The van der Waals surface area contributed by atoms with Crippen molar-refractivity contribution in [1.29, 1.82) is 0 Å². The van der Waals surface area contributed by atoms with Crippen LogP contribution in [0.2, 0.25) is 0 Å². The molecule has 30 heavy (non-hydrogen) atoms. The molecule has 0 spiro atoms. The zero-order valence-electron chi connectivity index (χ0n) is 17.2. The summed E-state index contributed by atoms with van der Waals surface area (Å²) in [6.07, 6.45) is 2.74. The Labute approximate surface area is 176 Å². The van der Waals surface area contributed by atoms with Crippen molar-refractivity contribution in [3.05, 3.63) is 59.7 Å². The summed E-state index contributed by atoms with van der Waals surface area (Å²) >= 11 is 0. The van der Waals surface area contributed by atoms with Crippen LogP contribution in [0.1, 0.15) is 42.1 Å². The lowest BCUT2D eigenvalue weighted by atomic mass is 10.0. The SMILES string of the molecule is C[C@@H](O)[C@H](NC(=O)c1ccc(-c2ccc(CN3CCCCC3)cc2)cc1)C(=O)NO. The van der Waals surface area contributed by atoms with Crippen LogP contribution in [-0.2, 0) is 11.3 Å². The molecular weight excluding hydrogens is 382 g/mol. The van der Waals surface area contributed by atoms with Gasteiger partial charge in [-0.25, -0.2) is 5.48 Å². The van der Waals surface area contributed by atoms with Crippen LogP contribution in [-0.4, -0.2) is 52.3 Å². The Morgan fingerprint density at radius 2 is 1.53 bits per heavy atom. The molecule has 0 unspecified atom stereocenters. The number of nitrogens with zero attached hydrogens (tertiary/aromatic N) is 1. The van der Waals surface area contributed by atoms with Crippen molar-refractivity contribution >= 4 is 11.8 Å². The van der Waals surface area contributed by atoms with E-state index in [1.807, 2.05) is 12.1 Å². The van der Waals surface area contributed by atoms with Gasteiger partial charge < -0.3 is 10.4 Å². The number of hydrogen-bond acceptors (Lipinski definition) is 5. The fourth-order valence-electron chi connectivity index (χ4n) is 3.69. The molecule has 1 fully saturated rings. The number of carbonyl (C=O) groups excluding carboxylic acids is 2. The Kier molecular flexibility index (Phi) is 7.57. The van der Waals surface area contributed by atoms with Crippen LogP contribution < -0.4 is 10.8 Å². The largest absolute Gasteiger partial charge is 0.391 e. The second-order valence-corrected chi connectivity index (χ2v) is 7.78. The van der Waals surface area contributed by atoms with E-state index in [0.29, 0.717) is 5.56 Å². The summed E-state index contributed by atoms with van der Waals surface area (Å²) in [6.45, 7) is 4.67. The van der Waals surface area contributed by atoms with Crippen molar-refractivity contribution in [2.24, 2.45) is 0 Å². The first-order chi connectivity index (χ1) is 14.5. The molecule has 1 aliphatic rings. The van der Waals surface area contributed by atoms with Gasteiger partial charge in [0.2, 0.25) is 0 Å². The van der Waals surface area contributed by atoms with Gasteiger partial charge in [0.05, 0.1) is 6.10 Å². The minimum Gasteiger partial charge on any atom is -0.391 e. The summed E-state index contributed by atoms with van der Waals surface area (Å²) in [5.41, 5.74) is 5.14. The van der Waals surface area contributed by atoms with Gasteiger partial charge in [0.1, 0.15) is 6.04 Å². The maximum Gasteiger partial charge on any atom is 0.268 e. The summed E-state index contributed by atoms with van der Waals surface area (Å²) in [7, 11) is 0. The summed E-state index contributed by atoms with van der Waals surface area (Å²) < 4.78 is 0. The molecule has 0 bridgehead atoms. The van der Waals surface area contributed by atoms with E-state index in [9.17, 15) is 14.7 Å². The first-order valence-electron chi connectivity index (χ1n) is 10.3. The molecule has 1 heterocycles. The Balaban J connectivity index is 1.63. The van der Waals surface area contributed by atoms with Gasteiger partial charge in [-0.3, -0.25) is 19.7 Å². The van der Waals surface area contributed by atoms with Gasteiger partial charge in [0, 0.05) is 12.1 Å². The lowest BCUT2D eigenvalue weighted by molar-refractivity contribution is -0.133. The molecule has 0 aromatic heterocycles. The van der Waals surface area contributed by atoms with Gasteiger partial charge in [0.25, 0.3) is 11.8 Å². The predicted octanol–water partition coefficient (Wildman–Crippen LogP) is 2.32. The Morgan fingerprint density at radius 1 is 0.967 bits per heavy atom. The Bertz CT molecular complexity index is 844. The number of carbonyl (C=O) groups is 2. The maximum atomic E-state index is 12.4. The lowest BCUT2D eigenvalue weighted by Crippen LogP contribution is -2.51. The standard InChI is InChI=1S/C23H29N3O4/c1-16(27)21(23(29)25-30)24-22(28)20-11-9-19(10-12-20)18-7-5-17(6-8-18)15-26-13-3-2-4-14-26/h5-12,16,21,27,30H,2-4,13-15H2,1H3,(H,24,28)(H,25,29)/t16-,21+/m1/s1. The minimum absolute atomic E-state index is 0.358. The van der Waals surface area contributed by atoms with Crippen molar-refractivity contribution in [1.82, 2.24) is 15.7 Å². The number of aliphatic hydroxyl groups excluding tert-OH is 1. The van der Waals surface area contributed by atoms with Gasteiger partial charge in [-0.2, -0.15) is 0 Å². The topological polar surface area (TPSA) is 102 Å². The molecule has 0 radical (unpaired) electrons. The van der Waals surface area contributed by atoms with Crippen molar-refractivity contribution in [2.45, 2.75) is 44.9 Å². The van der Waals surface area contributed by atoms with Gasteiger partial charge >= 0.3 is 0 Å². The third-order valence-electron chi connectivity index (χ3n) is 5.45. The van der Waals surface area contributed by atoms with E-state index in [1.54, 1.807) is 12.1 Å². The Hall–Kier alpha value is -2.74. The zero-order chi connectivity index (χ0) is 21.5. The van der Waals surface area contributed by atoms with E-state index in [4.69, 9.17) is 5.21 Å². The summed E-state index contributed by atoms with van der Waals surface area (Å²) in [5.74, 6) is -1.38. The van der Waals surface area contributed by atoms with Crippen LogP contribution in [0, 0.1) is 0 Å². The highest BCUT2D eigenvalue weighted by atomic mass is 16.5. The number of hydrogen-bond donors (Lipinski definition) is 4. The second-order valence-electron chi connectivity index (χ2n) is 7.78. The molecular formula is C23H29N3O4. The average molecular weight is 412 g/mol. The van der Waals surface area contributed by atoms with Crippen molar-refractivity contribution in [3.8, 4) is 11.1 Å². The molecule has 160 valence electrons. The van der Waals surface area contributed by atoms with Crippen LogP contribution in [0.5, 0.6) is 0 Å². The fourth-order valence-corrected chi connectivity index (χ4v) is 3.69. The number of benzene rings is 2. The summed E-state index contributed by atoms with van der Waals surface area (Å²) in [5, 5.41) is 20.8. The van der Waals surface area contributed by atoms with Crippen molar-refractivity contribution in [2.75, 3.05) is 13.1 Å². The minimum atomic E-state index is -1.24. The van der Waals surface area contributed by atoms with Crippen molar-refractivity contribution in [3.63, 3.8) is 0 Å². The molecule has 2 aromatic carbocycles. The van der Waals surface area contributed by atoms with Crippen LogP contribution >= 0.6 is 0 Å². The molecule has 3 rings (SSSR count). The van der Waals surface area contributed by atoms with E-state index in [0.717, 1.165) is 17.7 Å². The molecule has 2 atom stereocenters. The molecule has 0 saturated carbocycles. The molecule has 1 aliphatic heterocycles. The monoisotopic (exact) mass is 411 g/mol. The van der Waals surface area contributed by atoms with Gasteiger partial charge in [-0.15, -0.1) is 0 Å². The number of likely N-dealkylation sites (tertiary alicyclic amines) is 1. The van der Waals surface area contributed by atoms with Crippen LogP contribution in [0.15, 0.2) is 48.5 Å². The number of rotatable bonds is 7. The predicted molar refractivity (Wildman–Crippen MR) is 114 cm³/mol. The highest BCUT2D eigenvalue weighted by Gasteiger charge is 2.25. The number of nitrogens with one attached hydrogen (secondary N) is 2. The zero-order valence-corrected chi connectivity index (χ0v) is 17.2. The smallest absolute Gasteiger partial charge is 0.268 e. The molecule has 1 saturated heterocycles. The third-order valence-corrected chi connectivity index (χ3v) is 5.45. The van der Waals surface area contributed by atoms with E-state index in [1.165, 1.54) is 50.3 Å². The average Bonchev–Trinajstić information content (AvgIpc) is 2.78. The number of hydroxylamine groups is 1. The quantitative estimate of drug-likeness (QED) is 0.414. The summed E-state index contributed by atoms with van der Waals surface area (Å²) in [4.78, 5) is 26.4. The van der Waals surface area contributed by atoms with E-state index >= 15 is 0 Å². The second kappa shape index (κ2) is 10.3. The molecule has 4 N–H and O–H groups in total. The Morgan fingerprint density at radius 3 is 2.07 bits per heavy atom. The van der Waals surface area contributed by atoms with Crippen molar-refractivity contribution < 1.29 is 19.9 Å². The molecule has 2 aromatic rings. The molecule has 2 amide bonds. The van der Waals surface area contributed by atoms with Gasteiger partial charge in [0.15, 0.2) is 0 Å². The number of amides is 2. The first kappa shape index (κ1) is 22.0. The first-order valence-corrected chi connectivity index (χ1v) is 10.3.